The maximum atomic E-state index is 12.3. The molecule has 1 aromatic carbocycles. The van der Waals surface area contributed by atoms with Crippen LogP contribution in [0.1, 0.15) is 52.7 Å². The van der Waals surface area contributed by atoms with E-state index in [1.807, 2.05) is 32.9 Å². The van der Waals surface area contributed by atoms with Crippen LogP contribution in [0.4, 0.5) is 0 Å². The molecular formula is C17H23NO2. The number of hydrogen-bond acceptors (Lipinski definition) is 2. The first kappa shape index (κ1) is 14.8. The van der Waals surface area contributed by atoms with Gasteiger partial charge in [0, 0.05) is 11.5 Å². The van der Waals surface area contributed by atoms with Gasteiger partial charge < -0.3 is 5.32 Å². The fourth-order valence-electron chi connectivity index (χ4n) is 3.21. The van der Waals surface area contributed by atoms with Crippen molar-refractivity contribution in [3.8, 4) is 0 Å². The van der Waals surface area contributed by atoms with Crippen molar-refractivity contribution in [2.24, 2.45) is 5.92 Å². The highest BCUT2D eigenvalue weighted by Gasteiger charge is 2.23. The molecule has 0 heterocycles. The van der Waals surface area contributed by atoms with E-state index < -0.39 is 0 Å². The first-order chi connectivity index (χ1) is 9.49. The molecule has 2 rings (SSSR count). The van der Waals surface area contributed by atoms with E-state index in [1.54, 1.807) is 0 Å². The lowest BCUT2D eigenvalue weighted by Crippen LogP contribution is -2.34. The van der Waals surface area contributed by atoms with Gasteiger partial charge in [-0.15, -0.1) is 0 Å². The summed E-state index contributed by atoms with van der Waals surface area (Å²) in [6.45, 7) is 6.04. The van der Waals surface area contributed by atoms with E-state index in [0.29, 0.717) is 0 Å². The summed E-state index contributed by atoms with van der Waals surface area (Å²) in [6, 6.07) is 4.03. The number of carbonyl (C=O) groups excluding carboxylic acids is 2. The highest BCUT2D eigenvalue weighted by molar-refractivity contribution is 6.01. The zero-order valence-electron chi connectivity index (χ0n) is 12.6. The Kier molecular flexibility index (Phi) is 4.58. The van der Waals surface area contributed by atoms with Crippen molar-refractivity contribution in [1.82, 2.24) is 5.32 Å². The molecule has 0 saturated heterocycles. The molecule has 0 atom stereocenters. The Hall–Kier alpha value is -1.64. The third kappa shape index (κ3) is 3.27. The first-order valence-corrected chi connectivity index (χ1v) is 7.38. The Morgan fingerprint density at radius 1 is 1.10 bits per heavy atom. The van der Waals surface area contributed by atoms with Gasteiger partial charge >= 0.3 is 0 Å². The number of benzene rings is 1. The SMILES string of the molecule is Cc1cc(C)c(C(=O)CNC(=O)C2CCCC2)c(C)c1. The maximum Gasteiger partial charge on any atom is 0.223 e. The summed E-state index contributed by atoms with van der Waals surface area (Å²) in [4.78, 5) is 24.2. The molecule has 1 saturated carbocycles. The van der Waals surface area contributed by atoms with Gasteiger partial charge in [-0.3, -0.25) is 9.59 Å². The van der Waals surface area contributed by atoms with Gasteiger partial charge in [0.1, 0.15) is 0 Å². The maximum absolute atomic E-state index is 12.3. The summed E-state index contributed by atoms with van der Waals surface area (Å²) in [6.07, 6.45) is 4.18. The molecule has 20 heavy (non-hydrogen) atoms. The molecule has 3 nitrogen and oxygen atoms in total. The number of Topliss-reactive ketones (excluding diaryl/α,β-unsaturated/α-hetero) is 1. The van der Waals surface area contributed by atoms with Crippen molar-refractivity contribution in [3.63, 3.8) is 0 Å². The second kappa shape index (κ2) is 6.21. The number of amides is 1. The molecule has 0 radical (unpaired) electrons. The lowest BCUT2D eigenvalue weighted by molar-refractivity contribution is -0.124. The molecule has 0 aromatic heterocycles. The van der Waals surface area contributed by atoms with Gasteiger partial charge in [0.05, 0.1) is 6.54 Å². The van der Waals surface area contributed by atoms with E-state index in [-0.39, 0.29) is 24.2 Å². The molecule has 1 aromatic rings. The summed E-state index contributed by atoms with van der Waals surface area (Å²) in [7, 11) is 0. The number of rotatable bonds is 4. The molecule has 1 N–H and O–H groups in total. The zero-order chi connectivity index (χ0) is 14.7. The van der Waals surface area contributed by atoms with Crippen molar-refractivity contribution in [1.29, 1.82) is 0 Å². The van der Waals surface area contributed by atoms with Crippen LogP contribution in [0.5, 0.6) is 0 Å². The highest BCUT2D eigenvalue weighted by Crippen LogP contribution is 2.24. The summed E-state index contributed by atoms with van der Waals surface area (Å²) in [5.41, 5.74) is 3.89. The second-order valence-electron chi connectivity index (χ2n) is 5.90. The van der Waals surface area contributed by atoms with Crippen LogP contribution >= 0.6 is 0 Å². The van der Waals surface area contributed by atoms with E-state index in [9.17, 15) is 9.59 Å². The Balaban J connectivity index is 2.00. The fourth-order valence-corrected chi connectivity index (χ4v) is 3.21. The molecule has 3 heteroatoms. The molecular weight excluding hydrogens is 250 g/mol. The molecule has 0 spiro atoms. The summed E-state index contributed by atoms with van der Waals surface area (Å²) in [5, 5.41) is 2.80. The van der Waals surface area contributed by atoms with Gasteiger partial charge in [-0.1, -0.05) is 30.5 Å². The van der Waals surface area contributed by atoms with E-state index >= 15 is 0 Å². The Labute approximate surface area is 120 Å². The monoisotopic (exact) mass is 273 g/mol. The van der Waals surface area contributed by atoms with Crippen LogP contribution in [0.3, 0.4) is 0 Å². The summed E-state index contributed by atoms with van der Waals surface area (Å²) < 4.78 is 0. The van der Waals surface area contributed by atoms with E-state index in [2.05, 4.69) is 5.32 Å². The Morgan fingerprint density at radius 3 is 2.20 bits per heavy atom. The van der Waals surface area contributed by atoms with Crippen LogP contribution in [0.15, 0.2) is 12.1 Å². The molecule has 1 aliphatic carbocycles. The largest absolute Gasteiger partial charge is 0.348 e. The third-order valence-electron chi connectivity index (χ3n) is 4.11. The lowest BCUT2D eigenvalue weighted by Gasteiger charge is -2.13. The fraction of sp³-hybridized carbons (Fsp3) is 0.529. The average Bonchev–Trinajstić information content (AvgIpc) is 2.88. The molecule has 1 aliphatic rings. The first-order valence-electron chi connectivity index (χ1n) is 7.38. The second-order valence-corrected chi connectivity index (χ2v) is 5.90. The number of carbonyl (C=O) groups is 2. The van der Waals surface area contributed by atoms with Crippen LogP contribution < -0.4 is 5.32 Å². The summed E-state index contributed by atoms with van der Waals surface area (Å²) >= 11 is 0. The van der Waals surface area contributed by atoms with Crippen molar-refractivity contribution in [3.05, 3.63) is 34.4 Å². The highest BCUT2D eigenvalue weighted by atomic mass is 16.2. The van der Waals surface area contributed by atoms with E-state index in [4.69, 9.17) is 0 Å². The van der Waals surface area contributed by atoms with Crippen LogP contribution in [-0.2, 0) is 4.79 Å². The van der Waals surface area contributed by atoms with Gasteiger partial charge in [-0.25, -0.2) is 0 Å². The van der Waals surface area contributed by atoms with Crippen LogP contribution in [0.2, 0.25) is 0 Å². The minimum atomic E-state index is 0.00588. The molecule has 0 bridgehead atoms. The van der Waals surface area contributed by atoms with Gasteiger partial charge in [0.25, 0.3) is 0 Å². The molecule has 1 amide bonds. The standard InChI is InChI=1S/C17H23NO2/c1-11-8-12(2)16(13(3)9-11)15(19)10-18-17(20)14-6-4-5-7-14/h8-9,14H,4-7,10H2,1-3H3,(H,18,20). The minimum Gasteiger partial charge on any atom is -0.348 e. The number of ketones is 1. The van der Waals surface area contributed by atoms with Crippen LogP contribution in [0, 0.1) is 26.7 Å². The van der Waals surface area contributed by atoms with Crippen molar-refractivity contribution >= 4 is 11.7 Å². The quantitative estimate of drug-likeness (QED) is 0.857. The van der Waals surface area contributed by atoms with Crippen molar-refractivity contribution < 1.29 is 9.59 Å². The van der Waals surface area contributed by atoms with E-state index in [1.165, 1.54) is 0 Å². The molecule has 0 unspecified atom stereocenters. The van der Waals surface area contributed by atoms with Crippen LogP contribution in [-0.4, -0.2) is 18.2 Å². The Bertz CT molecular complexity index is 505. The van der Waals surface area contributed by atoms with Crippen molar-refractivity contribution in [2.45, 2.75) is 46.5 Å². The normalized spacial score (nSPS) is 15.3. The van der Waals surface area contributed by atoms with Gasteiger partial charge in [-0.05, 0) is 44.7 Å². The lowest BCUT2D eigenvalue weighted by atomic mass is 9.96. The van der Waals surface area contributed by atoms with Gasteiger partial charge in [0.2, 0.25) is 5.91 Å². The van der Waals surface area contributed by atoms with Gasteiger partial charge in [-0.2, -0.15) is 0 Å². The molecule has 108 valence electrons. The van der Waals surface area contributed by atoms with E-state index in [0.717, 1.165) is 47.9 Å². The zero-order valence-corrected chi connectivity index (χ0v) is 12.6. The predicted octanol–water partition coefficient (Wildman–Crippen LogP) is 3.10. The van der Waals surface area contributed by atoms with Crippen LogP contribution in [0.25, 0.3) is 0 Å². The number of nitrogens with one attached hydrogen (secondary N) is 1. The van der Waals surface area contributed by atoms with Crippen molar-refractivity contribution in [2.75, 3.05) is 6.54 Å². The summed E-state index contributed by atoms with van der Waals surface area (Å²) in [5.74, 6) is 0.160. The topological polar surface area (TPSA) is 46.2 Å². The smallest absolute Gasteiger partial charge is 0.223 e. The number of hydrogen-bond donors (Lipinski definition) is 1. The van der Waals surface area contributed by atoms with Gasteiger partial charge in [0.15, 0.2) is 5.78 Å². The minimum absolute atomic E-state index is 0.00588. The number of aryl methyl sites for hydroxylation is 3. The average molecular weight is 273 g/mol. The molecule has 1 fully saturated rings. The third-order valence-corrected chi connectivity index (χ3v) is 4.11. The Morgan fingerprint density at radius 2 is 1.65 bits per heavy atom. The molecule has 0 aliphatic heterocycles. The predicted molar refractivity (Wildman–Crippen MR) is 80.0 cm³/mol.